The number of piperidine rings is 1. The summed E-state index contributed by atoms with van der Waals surface area (Å²) < 4.78 is 0. The largest absolute Gasteiger partial charge is 0.338 e. The number of hydrogen-bond donors (Lipinski definition) is 1. The molecule has 4 rings (SSSR count). The summed E-state index contributed by atoms with van der Waals surface area (Å²) in [6, 6.07) is 7.85. The maximum atomic E-state index is 13.7. The van der Waals surface area contributed by atoms with Gasteiger partial charge in [0.1, 0.15) is 6.29 Å². The van der Waals surface area contributed by atoms with Gasteiger partial charge in [0.25, 0.3) is 0 Å². The lowest BCUT2D eigenvalue weighted by Gasteiger charge is -2.37. The summed E-state index contributed by atoms with van der Waals surface area (Å²) in [5.74, 6) is -0.0759. The highest BCUT2D eigenvalue weighted by molar-refractivity contribution is 5.92. The van der Waals surface area contributed by atoms with Crippen LogP contribution in [-0.4, -0.2) is 91.2 Å². The Bertz CT molecular complexity index is 867. The van der Waals surface area contributed by atoms with Gasteiger partial charge in [-0.05, 0) is 77.6 Å². The first-order valence-corrected chi connectivity index (χ1v) is 12.9. The minimum atomic E-state index is -0.539. The van der Waals surface area contributed by atoms with E-state index in [1.54, 1.807) is 4.90 Å². The van der Waals surface area contributed by atoms with Gasteiger partial charge in [0, 0.05) is 25.7 Å². The predicted molar refractivity (Wildman–Crippen MR) is 132 cm³/mol. The van der Waals surface area contributed by atoms with Gasteiger partial charge < -0.3 is 24.8 Å². The fraction of sp³-hybridized carbons (Fsp3) is 0.667. The van der Waals surface area contributed by atoms with E-state index in [0.29, 0.717) is 25.6 Å². The molecule has 1 aromatic rings. The molecule has 0 bridgehead atoms. The second-order valence-electron chi connectivity index (χ2n) is 10.7. The summed E-state index contributed by atoms with van der Waals surface area (Å²) in [4.78, 5) is 45.1. The van der Waals surface area contributed by atoms with E-state index < -0.39 is 12.1 Å². The van der Waals surface area contributed by atoms with Crippen molar-refractivity contribution in [3.05, 3.63) is 35.4 Å². The van der Waals surface area contributed by atoms with Gasteiger partial charge in [-0.3, -0.25) is 9.59 Å². The molecule has 34 heavy (non-hydrogen) atoms. The fourth-order valence-corrected chi connectivity index (χ4v) is 5.52. The van der Waals surface area contributed by atoms with Gasteiger partial charge in [-0.25, -0.2) is 0 Å². The van der Waals surface area contributed by atoms with Gasteiger partial charge in [-0.2, -0.15) is 0 Å². The number of hydrogen-bond acceptors (Lipinski definition) is 5. The van der Waals surface area contributed by atoms with E-state index in [-0.39, 0.29) is 23.7 Å². The van der Waals surface area contributed by atoms with E-state index in [1.807, 2.05) is 19.0 Å². The van der Waals surface area contributed by atoms with Crippen LogP contribution < -0.4 is 5.32 Å². The number of carbonyl (C=O) groups is 3. The van der Waals surface area contributed by atoms with Crippen molar-refractivity contribution in [3.8, 4) is 0 Å². The minimum Gasteiger partial charge on any atom is -0.338 e. The summed E-state index contributed by atoms with van der Waals surface area (Å²) in [5.41, 5.74) is 2.46. The quantitative estimate of drug-likeness (QED) is 0.560. The Morgan fingerprint density at radius 1 is 1.12 bits per heavy atom. The van der Waals surface area contributed by atoms with Crippen LogP contribution in [-0.2, 0) is 20.8 Å². The third-order valence-electron chi connectivity index (χ3n) is 7.62. The molecule has 7 nitrogen and oxygen atoms in total. The molecule has 1 unspecified atom stereocenters. The normalized spacial score (nSPS) is 27.1. The van der Waals surface area contributed by atoms with Crippen LogP contribution in [0, 0.1) is 18.8 Å². The highest BCUT2D eigenvalue weighted by Crippen LogP contribution is 2.32. The van der Waals surface area contributed by atoms with Crippen LogP contribution in [0.1, 0.15) is 43.2 Å². The smallest absolute Gasteiger partial charge is 0.241 e. The molecule has 2 heterocycles. The first-order valence-electron chi connectivity index (χ1n) is 12.9. The predicted octanol–water partition coefficient (Wildman–Crippen LogP) is 1.87. The van der Waals surface area contributed by atoms with Crippen LogP contribution >= 0.6 is 0 Å². The molecule has 2 amide bonds. The van der Waals surface area contributed by atoms with Crippen molar-refractivity contribution in [2.45, 2.75) is 63.6 Å². The monoisotopic (exact) mass is 468 g/mol. The minimum absolute atomic E-state index is 0.0788. The second kappa shape index (κ2) is 11.0. The summed E-state index contributed by atoms with van der Waals surface area (Å²) in [7, 11) is 4.04. The van der Waals surface area contributed by atoms with E-state index >= 15 is 0 Å². The number of likely N-dealkylation sites (N-methyl/N-ethyl adjacent to an activating group) is 1. The number of likely N-dealkylation sites (tertiary alicyclic amines) is 1. The average molecular weight is 469 g/mol. The molecule has 2 aliphatic heterocycles. The highest BCUT2D eigenvalue weighted by atomic mass is 16.2. The Labute approximate surface area is 203 Å². The average Bonchev–Trinajstić information content (AvgIpc) is 3.59. The molecule has 3 fully saturated rings. The van der Waals surface area contributed by atoms with Crippen LogP contribution in [0.2, 0.25) is 0 Å². The number of nitrogens with zero attached hydrogens (tertiary/aromatic N) is 3. The molecular weight excluding hydrogens is 428 g/mol. The third-order valence-corrected chi connectivity index (χ3v) is 7.62. The van der Waals surface area contributed by atoms with Crippen molar-refractivity contribution in [1.82, 2.24) is 20.0 Å². The van der Waals surface area contributed by atoms with Crippen molar-refractivity contribution >= 4 is 18.1 Å². The SMILES string of the molecule is Cc1ccc(C[C@@H]2CC(C=O)N(C(=O)[C@@H]3NCCC[C@@H]3C(=O)N(CCN(C)C)C3CC3)C2)cc1. The Kier molecular flexibility index (Phi) is 8.04. The Morgan fingerprint density at radius 2 is 1.85 bits per heavy atom. The van der Waals surface area contributed by atoms with E-state index in [9.17, 15) is 14.4 Å². The Balaban J connectivity index is 1.45. The summed E-state index contributed by atoms with van der Waals surface area (Å²) >= 11 is 0. The van der Waals surface area contributed by atoms with Crippen LogP contribution in [0.25, 0.3) is 0 Å². The first-order chi connectivity index (χ1) is 16.4. The molecule has 1 N–H and O–H groups in total. The van der Waals surface area contributed by atoms with Gasteiger partial charge in [0.15, 0.2) is 0 Å². The van der Waals surface area contributed by atoms with Gasteiger partial charge in [-0.1, -0.05) is 29.8 Å². The summed E-state index contributed by atoms with van der Waals surface area (Å²) in [5, 5.41) is 3.36. The van der Waals surface area contributed by atoms with Crippen molar-refractivity contribution in [1.29, 1.82) is 0 Å². The van der Waals surface area contributed by atoms with E-state index in [1.165, 1.54) is 11.1 Å². The molecule has 0 radical (unpaired) electrons. The molecule has 4 atom stereocenters. The fourth-order valence-electron chi connectivity index (χ4n) is 5.52. The molecule has 1 saturated carbocycles. The number of amides is 2. The van der Waals surface area contributed by atoms with Crippen LogP contribution in [0.5, 0.6) is 0 Å². The molecular formula is C27H40N4O3. The topological polar surface area (TPSA) is 73.0 Å². The third kappa shape index (κ3) is 5.87. The lowest BCUT2D eigenvalue weighted by atomic mass is 9.88. The van der Waals surface area contributed by atoms with Gasteiger partial charge in [-0.15, -0.1) is 0 Å². The first kappa shape index (κ1) is 24.9. The van der Waals surface area contributed by atoms with Crippen molar-refractivity contribution < 1.29 is 14.4 Å². The van der Waals surface area contributed by atoms with Crippen LogP contribution in [0.3, 0.4) is 0 Å². The van der Waals surface area contributed by atoms with Crippen LogP contribution in [0.15, 0.2) is 24.3 Å². The lowest BCUT2D eigenvalue weighted by Crippen LogP contribution is -2.58. The standard InChI is InChI=1S/C27H40N4O3/c1-19-6-8-20(9-7-19)15-21-16-23(18-32)31(17-21)27(34)25-24(5-4-12-28-25)26(33)30(22-10-11-22)14-13-29(2)3/h6-9,18,21-25,28H,4-5,10-17H2,1-3H3/t21-,23?,24+,25-/m1/s1. The number of benzene rings is 1. The van der Waals surface area contributed by atoms with Crippen molar-refractivity contribution in [3.63, 3.8) is 0 Å². The molecule has 186 valence electrons. The van der Waals surface area contributed by atoms with E-state index in [0.717, 1.165) is 51.5 Å². The zero-order valence-electron chi connectivity index (χ0n) is 20.9. The van der Waals surface area contributed by atoms with Crippen LogP contribution in [0.4, 0.5) is 0 Å². The number of rotatable bonds is 9. The maximum absolute atomic E-state index is 13.7. The number of nitrogens with one attached hydrogen (secondary N) is 1. The number of carbonyl (C=O) groups excluding carboxylic acids is 3. The number of aldehydes is 1. The molecule has 1 aromatic carbocycles. The Morgan fingerprint density at radius 3 is 2.50 bits per heavy atom. The van der Waals surface area contributed by atoms with Gasteiger partial charge in [0.05, 0.1) is 18.0 Å². The van der Waals surface area contributed by atoms with E-state index in [4.69, 9.17) is 0 Å². The lowest BCUT2D eigenvalue weighted by molar-refractivity contribution is -0.146. The van der Waals surface area contributed by atoms with E-state index in [2.05, 4.69) is 41.4 Å². The molecule has 3 aliphatic rings. The summed E-state index contributed by atoms with van der Waals surface area (Å²) in [6.45, 7) is 4.89. The Hall–Kier alpha value is -2.25. The molecule has 7 heteroatoms. The molecule has 1 aliphatic carbocycles. The molecule has 0 aromatic heterocycles. The zero-order valence-corrected chi connectivity index (χ0v) is 20.9. The zero-order chi connectivity index (χ0) is 24.2. The van der Waals surface area contributed by atoms with Crippen molar-refractivity contribution in [2.75, 3.05) is 40.3 Å². The second-order valence-corrected chi connectivity index (χ2v) is 10.7. The number of aryl methyl sites for hydroxylation is 1. The molecule has 0 spiro atoms. The van der Waals surface area contributed by atoms with Crippen molar-refractivity contribution in [2.24, 2.45) is 11.8 Å². The van der Waals surface area contributed by atoms with Gasteiger partial charge in [0.2, 0.25) is 11.8 Å². The highest BCUT2D eigenvalue weighted by Gasteiger charge is 2.45. The maximum Gasteiger partial charge on any atom is 0.241 e. The summed E-state index contributed by atoms with van der Waals surface area (Å²) in [6.07, 6.45) is 6.18. The molecule has 2 saturated heterocycles. The van der Waals surface area contributed by atoms with Gasteiger partial charge >= 0.3 is 0 Å².